The largest absolute Gasteiger partial charge is 4.00 e. The molecule has 140 valence electrons. The van der Waals surface area contributed by atoms with Gasteiger partial charge in [-0.25, -0.2) is 0 Å². The van der Waals surface area contributed by atoms with Gasteiger partial charge in [0.05, 0.1) is 0 Å². The molecule has 0 amide bonds. The fraction of sp³-hybridized carbons (Fsp3) is 0.423. The van der Waals surface area contributed by atoms with Crippen molar-refractivity contribution in [2.45, 2.75) is 70.6 Å². The Labute approximate surface area is 186 Å². The Bertz CT molecular complexity index is 567. The molecule has 0 heterocycles. The third kappa shape index (κ3) is 10.8. The summed E-state index contributed by atoms with van der Waals surface area (Å²) >= 11 is 0. The maximum atomic E-state index is 3.96. The Morgan fingerprint density at radius 1 is 0.630 bits per heavy atom. The molecule has 0 saturated heterocycles. The normalized spacial score (nSPS) is 15.7. The van der Waals surface area contributed by atoms with Crippen LogP contribution in [-0.4, -0.2) is 0 Å². The van der Waals surface area contributed by atoms with E-state index in [0.717, 1.165) is 17.6 Å². The third-order valence-corrected chi connectivity index (χ3v) is 4.94. The van der Waals surface area contributed by atoms with Crippen LogP contribution in [-0.2, 0) is 26.2 Å². The molecule has 2 saturated carbocycles. The predicted octanol–water partition coefficient (Wildman–Crippen LogP) is 8.04. The van der Waals surface area contributed by atoms with E-state index in [1.165, 1.54) is 69.8 Å². The van der Waals surface area contributed by atoms with Gasteiger partial charge in [0, 0.05) is 0 Å². The van der Waals surface area contributed by atoms with E-state index in [1.54, 1.807) is 0 Å². The topological polar surface area (TPSA) is 0 Å². The molecule has 4 rings (SSSR count). The van der Waals surface area contributed by atoms with Gasteiger partial charge < -0.3 is 6.92 Å². The van der Waals surface area contributed by atoms with Crippen LogP contribution in [0.15, 0.2) is 60.7 Å². The second-order valence-electron chi connectivity index (χ2n) is 7.12. The Balaban J connectivity index is 0.000000270. The number of hydrogen-bond donors (Lipinski definition) is 0. The summed E-state index contributed by atoms with van der Waals surface area (Å²) < 4.78 is 0. The van der Waals surface area contributed by atoms with Crippen LogP contribution in [0.4, 0.5) is 0 Å². The van der Waals surface area contributed by atoms with Crippen LogP contribution in [0.25, 0.3) is 5.57 Å². The quantitative estimate of drug-likeness (QED) is 0.336. The minimum Gasteiger partial charge on any atom is -0.341 e. The molecule has 0 aliphatic heterocycles. The zero-order valence-electron chi connectivity index (χ0n) is 16.8. The number of benzene rings is 2. The fourth-order valence-corrected chi connectivity index (χ4v) is 3.38. The molecular formula is C26H34Zr+2. The summed E-state index contributed by atoms with van der Waals surface area (Å²) in [6.45, 7) is 3.96. The van der Waals surface area contributed by atoms with Crippen molar-refractivity contribution < 1.29 is 26.2 Å². The molecule has 0 unspecified atom stereocenters. The monoisotopic (exact) mass is 436 g/mol. The van der Waals surface area contributed by atoms with Gasteiger partial charge >= 0.3 is 26.2 Å². The Morgan fingerprint density at radius 3 is 1.37 bits per heavy atom. The van der Waals surface area contributed by atoms with Crippen molar-refractivity contribution in [3.05, 3.63) is 84.8 Å². The second-order valence-corrected chi connectivity index (χ2v) is 7.12. The van der Waals surface area contributed by atoms with Gasteiger partial charge in [-0.15, -0.1) is 35.9 Å². The molecule has 1 heteroatoms. The van der Waals surface area contributed by atoms with E-state index in [0.29, 0.717) is 0 Å². The van der Waals surface area contributed by atoms with E-state index in [2.05, 4.69) is 37.3 Å². The van der Waals surface area contributed by atoms with E-state index >= 15 is 0 Å². The summed E-state index contributed by atoms with van der Waals surface area (Å²) in [6.07, 6.45) is 19.1. The van der Waals surface area contributed by atoms with Gasteiger partial charge in [0.1, 0.15) is 0 Å². The van der Waals surface area contributed by atoms with Crippen molar-refractivity contribution in [2.24, 2.45) is 0 Å². The van der Waals surface area contributed by atoms with Crippen LogP contribution in [0, 0.1) is 13.0 Å². The van der Waals surface area contributed by atoms with E-state index < -0.39 is 0 Å². The zero-order chi connectivity index (χ0) is 18.3. The van der Waals surface area contributed by atoms with Gasteiger partial charge in [0.15, 0.2) is 0 Å². The van der Waals surface area contributed by atoms with Gasteiger partial charge in [-0.2, -0.15) is 12.0 Å². The SMILES string of the molecule is C1CCCC1.C1CCCC1.[CH2-]CC(=[C-]c1ccccc1)c1ccccc1.[Zr+4]. The van der Waals surface area contributed by atoms with Crippen molar-refractivity contribution >= 4 is 5.57 Å². The van der Waals surface area contributed by atoms with Gasteiger partial charge in [-0.3, -0.25) is 0 Å². The summed E-state index contributed by atoms with van der Waals surface area (Å²) in [5.74, 6) is 0. The first-order chi connectivity index (χ1) is 12.9. The minimum atomic E-state index is 0. The molecule has 0 N–H and O–H groups in total. The average molecular weight is 438 g/mol. The van der Waals surface area contributed by atoms with Gasteiger partial charge in [0.2, 0.25) is 0 Å². The van der Waals surface area contributed by atoms with Gasteiger partial charge in [0.25, 0.3) is 0 Å². The molecule has 0 spiro atoms. The van der Waals surface area contributed by atoms with Crippen molar-refractivity contribution in [3.8, 4) is 0 Å². The van der Waals surface area contributed by atoms with Crippen LogP contribution in [0.3, 0.4) is 0 Å². The smallest absolute Gasteiger partial charge is 0.341 e. The molecule has 0 atom stereocenters. The van der Waals surface area contributed by atoms with Crippen LogP contribution in [0.1, 0.15) is 81.8 Å². The van der Waals surface area contributed by atoms with E-state index in [1.807, 2.05) is 36.4 Å². The van der Waals surface area contributed by atoms with Gasteiger partial charge in [-0.05, 0) is 0 Å². The standard InChI is InChI=1S/C16H14.2C5H10.Zr/c1-2-15(16-11-7-4-8-12-16)13-14-9-5-3-6-10-14;2*1-2-4-5-3-1;/h3-12H,1-2H2;2*1-5H2;/q-2;;;+4. The molecule has 0 aromatic heterocycles. The summed E-state index contributed by atoms with van der Waals surface area (Å²) in [6, 6.07) is 20.5. The molecule has 2 aromatic rings. The van der Waals surface area contributed by atoms with E-state index in [-0.39, 0.29) is 26.2 Å². The van der Waals surface area contributed by atoms with E-state index in [4.69, 9.17) is 0 Å². The second kappa shape index (κ2) is 16.1. The van der Waals surface area contributed by atoms with Crippen LogP contribution >= 0.6 is 0 Å². The molecule has 2 aromatic carbocycles. The first kappa shape index (κ1) is 24.1. The maximum absolute atomic E-state index is 3.96. The zero-order valence-corrected chi connectivity index (χ0v) is 19.2. The molecule has 0 bridgehead atoms. The predicted molar refractivity (Wildman–Crippen MR) is 115 cm³/mol. The van der Waals surface area contributed by atoms with Crippen molar-refractivity contribution in [1.29, 1.82) is 0 Å². The summed E-state index contributed by atoms with van der Waals surface area (Å²) in [5.41, 5.74) is 3.44. The number of rotatable bonds is 3. The average Bonchev–Trinajstić information content (AvgIpc) is 3.46. The first-order valence-electron chi connectivity index (χ1n) is 10.4. The Kier molecular flexibility index (Phi) is 14.3. The fourth-order valence-electron chi connectivity index (χ4n) is 3.38. The van der Waals surface area contributed by atoms with Crippen molar-refractivity contribution in [3.63, 3.8) is 0 Å². The summed E-state index contributed by atoms with van der Waals surface area (Å²) in [4.78, 5) is 0. The van der Waals surface area contributed by atoms with Gasteiger partial charge in [-0.1, -0.05) is 106 Å². The molecule has 0 radical (unpaired) electrons. The van der Waals surface area contributed by atoms with E-state index in [9.17, 15) is 0 Å². The number of hydrogen-bond acceptors (Lipinski definition) is 0. The number of allylic oxidation sites excluding steroid dienone is 1. The third-order valence-electron chi connectivity index (χ3n) is 4.94. The molecule has 0 nitrogen and oxygen atoms in total. The molecular weight excluding hydrogens is 404 g/mol. The Hall–Kier alpha value is -0.937. The van der Waals surface area contributed by atoms with Crippen LogP contribution < -0.4 is 0 Å². The molecule has 27 heavy (non-hydrogen) atoms. The Morgan fingerprint density at radius 2 is 1.00 bits per heavy atom. The van der Waals surface area contributed by atoms with Crippen LogP contribution in [0.5, 0.6) is 0 Å². The van der Waals surface area contributed by atoms with Crippen LogP contribution in [0.2, 0.25) is 0 Å². The maximum Gasteiger partial charge on any atom is 4.00 e. The minimum absolute atomic E-state index is 0. The van der Waals surface area contributed by atoms with Crippen molar-refractivity contribution in [2.75, 3.05) is 0 Å². The summed E-state index contributed by atoms with van der Waals surface area (Å²) in [5, 5.41) is 0. The molecule has 2 aliphatic carbocycles. The molecule has 2 fully saturated rings. The van der Waals surface area contributed by atoms with Crippen molar-refractivity contribution in [1.82, 2.24) is 0 Å². The first-order valence-corrected chi connectivity index (χ1v) is 10.4. The molecule has 2 aliphatic rings. The summed E-state index contributed by atoms with van der Waals surface area (Å²) in [7, 11) is 0.